The molecule has 9 nitrogen and oxygen atoms in total. The highest BCUT2D eigenvalue weighted by Crippen LogP contribution is 2.45. The van der Waals surface area contributed by atoms with Crippen molar-refractivity contribution in [3.05, 3.63) is 71.4 Å². The highest BCUT2D eigenvalue weighted by molar-refractivity contribution is 6.03. The molecule has 0 radical (unpaired) electrons. The van der Waals surface area contributed by atoms with Gasteiger partial charge in [-0.3, -0.25) is 9.48 Å². The maximum Gasteiger partial charge on any atom is 0.408 e. The van der Waals surface area contributed by atoms with Crippen molar-refractivity contribution in [2.75, 3.05) is 11.9 Å². The number of hydrogen-bond donors (Lipinski definition) is 3. The van der Waals surface area contributed by atoms with E-state index < -0.39 is 23.5 Å². The molecule has 1 saturated carbocycles. The number of carbonyl (C=O) groups excluding carboxylic acids is 2. The molecule has 1 unspecified atom stereocenters. The van der Waals surface area contributed by atoms with Gasteiger partial charge in [-0.15, -0.1) is 0 Å². The van der Waals surface area contributed by atoms with Crippen molar-refractivity contribution in [1.82, 2.24) is 15.1 Å². The van der Waals surface area contributed by atoms with E-state index in [9.17, 15) is 19.5 Å². The number of alkyl carbamates (subject to hydrolysis) is 1. The third-order valence-corrected chi connectivity index (χ3v) is 6.86. The number of aromatic carboxylic acids is 1. The number of ether oxygens (including phenoxy) is 1. The average Bonchev–Trinajstić information content (AvgIpc) is 3.56. The van der Waals surface area contributed by atoms with Crippen LogP contribution < -0.4 is 10.6 Å². The van der Waals surface area contributed by atoms with Crippen LogP contribution in [-0.4, -0.2) is 45.0 Å². The number of nitrogens with zero attached hydrogens (tertiary/aromatic N) is 2. The Morgan fingerprint density at radius 1 is 1.09 bits per heavy atom. The van der Waals surface area contributed by atoms with Crippen LogP contribution in [-0.2, 0) is 16.6 Å². The van der Waals surface area contributed by atoms with Crippen molar-refractivity contribution in [3.8, 4) is 11.1 Å². The van der Waals surface area contributed by atoms with Crippen molar-refractivity contribution >= 4 is 23.8 Å². The van der Waals surface area contributed by atoms with E-state index in [0.29, 0.717) is 0 Å². The lowest BCUT2D eigenvalue weighted by atomic mass is 9.94. The summed E-state index contributed by atoms with van der Waals surface area (Å²) in [5, 5.41) is 18.7. The van der Waals surface area contributed by atoms with E-state index in [0.717, 1.165) is 35.1 Å². The summed E-state index contributed by atoms with van der Waals surface area (Å²) in [5.41, 5.74) is 3.06. The van der Waals surface area contributed by atoms with Gasteiger partial charge in [-0.1, -0.05) is 48.5 Å². The number of benzene rings is 2. The molecular formula is C26H26N4O5. The second-order valence-corrected chi connectivity index (χ2v) is 9.25. The number of aromatic nitrogens is 2. The highest BCUT2D eigenvalue weighted by Gasteiger charge is 2.49. The molecule has 3 N–H and O–H groups in total. The van der Waals surface area contributed by atoms with Crippen LogP contribution in [0.25, 0.3) is 11.1 Å². The fourth-order valence-corrected chi connectivity index (χ4v) is 4.83. The van der Waals surface area contributed by atoms with Gasteiger partial charge in [0.25, 0.3) is 5.91 Å². The van der Waals surface area contributed by atoms with Gasteiger partial charge in [0.1, 0.15) is 17.7 Å². The predicted octanol–water partition coefficient (Wildman–Crippen LogP) is 3.76. The lowest BCUT2D eigenvalue weighted by molar-refractivity contribution is -0.122. The van der Waals surface area contributed by atoms with Crippen LogP contribution in [0.15, 0.2) is 54.7 Å². The van der Waals surface area contributed by atoms with Crippen LogP contribution in [0, 0.1) is 5.92 Å². The molecule has 35 heavy (non-hydrogen) atoms. The maximum atomic E-state index is 13.2. The predicted molar refractivity (Wildman–Crippen MR) is 128 cm³/mol. The van der Waals surface area contributed by atoms with Crippen LogP contribution in [0.3, 0.4) is 0 Å². The topological polar surface area (TPSA) is 123 Å². The summed E-state index contributed by atoms with van der Waals surface area (Å²) in [5.74, 6) is -1.98. The molecule has 0 saturated heterocycles. The Hall–Kier alpha value is -4.14. The SMILES string of the molecule is Cn1cc(C(=O)O)c(NC(=O)C(C)(NC(=O)OCC2c3ccccc3-c3ccccc32)C2CC2)n1. The molecular weight excluding hydrogens is 448 g/mol. The molecule has 9 heteroatoms. The fourth-order valence-electron chi connectivity index (χ4n) is 4.83. The summed E-state index contributed by atoms with van der Waals surface area (Å²) in [6.07, 6.45) is 2.14. The Labute approximate surface area is 202 Å². The number of amides is 2. The first-order valence-corrected chi connectivity index (χ1v) is 11.5. The van der Waals surface area contributed by atoms with E-state index in [1.54, 1.807) is 14.0 Å². The Morgan fingerprint density at radius 2 is 1.69 bits per heavy atom. The third-order valence-electron chi connectivity index (χ3n) is 6.86. The zero-order chi connectivity index (χ0) is 24.7. The summed E-state index contributed by atoms with van der Waals surface area (Å²) in [6, 6.07) is 16.1. The van der Waals surface area contributed by atoms with Gasteiger partial charge in [0.05, 0.1) is 0 Å². The molecule has 2 amide bonds. The fraction of sp³-hybridized carbons (Fsp3) is 0.308. The first kappa shape index (κ1) is 22.6. The third kappa shape index (κ3) is 4.14. The molecule has 1 atom stereocenters. The normalized spacial score (nSPS) is 16.1. The standard InChI is InChI=1S/C26H26N4O5/c1-26(15-11-12-15,24(33)27-22-20(23(31)32)13-30(2)29-22)28-25(34)35-14-21-18-9-5-3-7-16(18)17-8-4-6-10-19(17)21/h3-10,13,15,21H,11-12,14H2,1-2H3,(H,28,34)(H,31,32)(H,27,29,33). The lowest BCUT2D eigenvalue weighted by Gasteiger charge is -2.29. The number of nitrogens with one attached hydrogen (secondary N) is 2. The number of aryl methyl sites for hydroxylation is 1. The zero-order valence-electron chi connectivity index (χ0n) is 19.4. The number of carboxylic acids is 1. The molecule has 0 aliphatic heterocycles. The summed E-state index contributed by atoms with van der Waals surface area (Å²) >= 11 is 0. The van der Waals surface area contributed by atoms with Gasteiger partial charge in [-0.25, -0.2) is 9.59 Å². The minimum Gasteiger partial charge on any atom is -0.477 e. The smallest absolute Gasteiger partial charge is 0.408 e. The van der Waals surface area contributed by atoms with Crippen molar-refractivity contribution in [1.29, 1.82) is 0 Å². The zero-order valence-corrected chi connectivity index (χ0v) is 19.4. The first-order chi connectivity index (χ1) is 16.8. The van der Waals surface area contributed by atoms with Gasteiger partial charge in [0.15, 0.2) is 5.82 Å². The van der Waals surface area contributed by atoms with Gasteiger partial charge < -0.3 is 20.5 Å². The van der Waals surface area contributed by atoms with Crippen molar-refractivity contribution < 1.29 is 24.2 Å². The molecule has 180 valence electrons. The van der Waals surface area contributed by atoms with E-state index in [-0.39, 0.29) is 29.8 Å². The second kappa shape index (κ2) is 8.57. The first-order valence-electron chi connectivity index (χ1n) is 11.5. The molecule has 2 aliphatic rings. The van der Waals surface area contributed by atoms with Gasteiger partial charge >= 0.3 is 12.1 Å². The van der Waals surface area contributed by atoms with Gasteiger partial charge in [0, 0.05) is 19.2 Å². The molecule has 3 aromatic rings. The quantitative estimate of drug-likeness (QED) is 0.479. The van der Waals surface area contributed by atoms with Crippen LogP contribution in [0.5, 0.6) is 0 Å². The number of fused-ring (bicyclic) bond motifs is 3. The molecule has 0 spiro atoms. The van der Waals surface area contributed by atoms with Gasteiger partial charge in [-0.2, -0.15) is 5.10 Å². The van der Waals surface area contributed by atoms with Gasteiger partial charge in [-0.05, 0) is 47.9 Å². The van der Waals surface area contributed by atoms with Crippen molar-refractivity contribution in [2.24, 2.45) is 13.0 Å². The number of anilines is 1. The summed E-state index contributed by atoms with van der Waals surface area (Å²) in [6.45, 7) is 1.76. The molecule has 5 rings (SSSR count). The minimum absolute atomic E-state index is 0.0637. The molecule has 2 aliphatic carbocycles. The Kier molecular flexibility index (Phi) is 5.55. The highest BCUT2D eigenvalue weighted by atomic mass is 16.5. The largest absolute Gasteiger partial charge is 0.477 e. The van der Waals surface area contributed by atoms with Crippen LogP contribution in [0.1, 0.15) is 47.2 Å². The molecule has 0 bridgehead atoms. The Bertz CT molecular complexity index is 1280. The monoisotopic (exact) mass is 474 g/mol. The van der Waals surface area contributed by atoms with Crippen LogP contribution in [0.2, 0.25) is 0 Å². The molecule has 1 fully saturated rings. The van der Waals surface area contributed by atoms with E-state index in [1.165, 1.54) is 10.9 Å². The Balaban J connectivity index is 1.30. The number of carboxylic acid groups (broad SMARTS) is 1. The van der Waals surface area contributed by atoms with E-state index >= 15 is 0 Å². The van der Waals surface area contributed by atoms with Gasteiger partial charge in [0.2, 0.25) is 0 Å². The summed E-state index contributed by atoms with van der Waals surface area (Å²) < 4.78 is 6.95. The maximum absolute atomic E-state index is 13.2. The Morgan fingerprint density at radius 3 is 2.26 bits per heavy atom. The molecule has 2 aromatic carbocycles. The average molecular weight is 475 g/mol. The van der Waals surface area contributed by atoms with Crippen LogP contribution >= 0.6 is 0 Å². The number of hydrogen-bond acceptors (Lipinski definition) is 5. The van der Waals surface area contributed by atoms with E-state index in [2.05, 4.69) is 27.9 Å². The van der Waals surface area contributed by atoms with E-state index in [1.807, 2.05) is 36.4 Å². The lowest BCUT2D eigenvalue weighted by Crippen LogP contribution is -2.56. The number of rotatable bonds is 7. The second-order valence-electron chi connectivity index (χ2n) is 9.25. The minimum atomic E-state index is -1.27. The molecule has 1 heterocycles. The number of carbonyl (C=O) groups is 3. The van der Waals surface area contributed by atoms with Crippen LogP contribution in [0.4, 0.5) is 10.6 Å². The van der Waals surface area contributed by atoms with E-state index in [4.69, 9.17) is 4.74 Å². The van der Waals surface area contributed by atoms with Crippen molar-refractivity contribution in [2.45, 2.75) is 31.2 Å². The summed E-state index contributed by atoms with van der Waals surface area (Å²) in [4.78, 5) is 37.6. The van der Waals surface area contributed by atoms with Crippen molar-refractivity contribution in [3.63, 3.8) is 0 Å². The molecule has 1 aromatic heterocycles. The summed E-state index contributed by atoms with van der Waals surface area (Å²) in [7, 11) is 1.57.